The van der Waals surface area contributed by atoms with Gasteiger partial charge in [-0.25, -0.2) is 0 Å². The van der Waals surface area contributed by atoms with Crippen LogP contribution in [-0.2, 0) is 11.3 Å². The smallest absolute Gasteiger partial charge is 0.221 e. The topological polar surface area (TPSA) is 41.1 Å². The van der Waals surface area contributed by atoms with E-state index < -0.39 is 0 Å². The quantitative estimate of drug-likeness (QED) is 0.800. The molecular weight excluding hydrogens is 212 g/mol. The molecule has 0 saturated heterocycles. The van der Waals surface area contributed by atoms with Crippen molar-refractivity contribution in [2.45, 2.75) is 13.0 Å². The lowest BCUT2D eigenvalue weighted by Gasteiger charge is -2.05. The second-order valence-electron chi connectivity index (χ2n) is 3.26. The van der Waals surface area contributed by atoms with Gasteiger partial charge in [0.05, 0.1) is 0 Å². The highest BCUT2D eigenvalue weighted by Gasteiger charge is 1.99. The minimum absolute atomic E-state index is 0.0549. The molecule has 0 aliphatic rings. The van der Waals surface area contributed by atoms with Gasteiger partial charge in [0, 0.05) is 24.5 Å². The minimum atomic E-state index is 0.0549. The van der Waals surface area contributed by atoms with Crippen molar-refractivity contribution in [2.75, 3.05) is 13.6 Å². The molecule has 0 bridgehead atoms. The number of carbonyl (C=O) groups is 1. The van der Waals surface area contributed by atoms with Crippen LogP contribution in [-0.4, -0.2) is 19.5 Å². The van der Waals surface area contributed by atoms with Crippen LogP contribution >= 0.6 is 11.6 Å². The molecule has 0 aromatic heterocycles. The Hall–Kier alpha value is -1.06. The number of nitrogens with one attached hydrogen (secondary N) is 2. The largest absolute Gasteiger partial charge is 0.352 e. The summed E-state index contributed by atoms with van der Waals surface area (Å²) in [4.78, 5) is 11.3. The van der Waals surface area contributed by atoms with Crippen LogP contribution in [0, 0.1) is 0 Å². The summed E-state index contributed by atoms with van der Waals surface area (Å²) in [5, 5.41) is 6.47. The molecule has 3 nitrogen and oxygen atoms in total. The number of hydrogen-bond donors (Lipinski definition) is 2. The van der Waals surface area contributed by atoms with Gasteiger partial charge in [-0.3, -0.25) is 4.79 Å². The first kappa shape index (κ1) is 12.0. The van der Waals surface area contributed by atoms with Gasteiger partial charge >= 0.3 is 0 Å². The Balaban J connectivity index is 2.30. The summed E-state index contributed by atoms with van der Waals surface area (Å²) in [7, 11) is 1.83. The molecule has 1 rings (SSSR count). The van der Waals surface area contributed by atoms with Crippen LogP contribution in [0.1, 0.15) is 12.0 Å². The first-order chi connectivity index (χ1) is 7.22. The van der Waals surface area contributed by atoms with Crippen LogP contribution in [0.3, 0.4) is 0 Å². The molecule has 1 aromatic carbocycles. The van der Waals surface area contributed by atoms with E-state index >= 15 is 0 Å². The van der Waals surface area contributed by atoms with E-state index in [-0.39, 0.29) is 5.91 Å². The summed E-state index contributed by atoms with van der Waals surface area (Å²) >= 11 is 5.75. The maximum atomic E-state index is 11.3. The van der Waals surface area contributed by atoms with E-state index in [1.807, 2.05) is 31.3 Å². The van der Waals surface area contributed by atoms with E-state index in [4.69, 9.17) is 11.6 Å². The molecule has 0 aliphatic heterocycles. The van der Waals surface area contributed by atoms with E-state index in [0.29, 0.717) is 24.5 Å². The Morgan fingerprint density at radius 3 is 2.60 bits per heavy atom. The Kier molecular flexibility index (Phi) is 5.15. The van der Waals surface area contributed by atoms with Crippen LogP contribution in [0.4, 0.5) is 0 Å². The van der Waals surface area contributed by atoms with Crippen LogP contribution in [0.5, 0.6) is 0 Å². The molecule has 0 fully saturated rings. The highest BCUT2D eigenvalue weighted by atomic mass is 35.5. The third kappa shape index (κ3) is 4.81. The molecular formula is C11H15ClN2O. The van der Waals surface area contributed by atoms with Crippen LogP contribution in [0.2, 0.25) is 5.02 Å². The Labute approximate surface area is 94.8 Å². The molecule has 0 spiro atoms. The lowest BCUT2D eigenvalue weighted by atomic mass is 10.2. The van der Waals surface area contributed by atoms with Gasteiger partial charge in [-0.2, -0.15) is 0 Å². The molecule has 0 atom stereocenters. The van der Waals surface area contributed by atoms with Crippen molar-refractivity contribution in [3.63, 3.8) is 0 Å². The van der Waals surface area contributed by atoms with E-state index in [2.05, 4.69) is 10.6 Å². The van der Waals surface area contributed by atoms with Crippen molar-refractivity contribution in [1.29, 1.82) is 0 Å². The fourth-order valence-corrected chi connectivity index (χ4v) is 1.26. The monoisotopic (exact) mass is 226 g/mol. The number of halogens is 1. The molecule has 0 unspecified atom stereocenters. The molecule has 0 heterocycles. The van der Waals surface area contributed by atoms with Gasteiger partial charge in [-0.15, -0.1) is 0 Å². The average molecular weight is 227 g/mol. The molecule has 1 amide bonds. The zero-order chi connectivity index (χ0) is 11.1. The predicted octanol–water partition coefficient (Wildman–Crippen LogP) is 1.57. The van der Waals surface area contributed by atoms with Crippen molar-refractivity contribution in [1.82, 2.24) is 10.6 Å². The molecule has 0 saturated carbocycles. The van der Waals surface area contributed by atoms with Gasteiger partial charge in [-0.1, -0.05) is 23.7 Å². The fourth-order valence-electron chi connectivity index (χ4n) is 1.13. The lowest BCUT2D eigenvalue weighted by Crippen LogP contribution is -2.25. The van der Waals surface area contributed by atoms with Crippen LogP contribution < -0.4 is 10.6 Å². The van der Waals surface area contributed by atoms with Gasteiger partial charge in [0.1, 0.15) is 0 Å². The maximum Gasteiger partial charge on any atom is 0.221 e. The van der Waals surface area contributed by atoms with E-state index in [0.717, 1.165) is 5.56 Å². The molecule has 82 valence electrons. The molecule has 15 heavy (non-hydrogen) atoms. The van der Waals surface area contributed by atoms with Gasteiger partial charge in [0.2, 0.25) is 5.91 Å². The molecule has 0 radical (unpaired) electrons. The standard InChI is InChI=1S/C11H15ClN2O/c1-13-7-6-11(15)14-8-9-2-4-10(12)5-3-9/h2-5,13H,6-8H2,1H3,(H,14,15). The van der Waals surface area contributed by atoms with E-state index in [1.54, 1.807) is 0 Å². The highest BCUT2D eigenvalue weighted by molar-refractivity contribution is 6.30. The summed E-state index contributed by atoms with van der Waals surface area (Å²) in [6, 6.07) is 7.44. The average Bonchev–Trinajstić information content (AvgIpc) is 2.25. The zero-order valence-electron chi connectivity index (χ0n) is 8.72. The number of benzene rings is 1. The first-order valence-corrected chi connectivity index (χ1v) is 5.26. The van der Waals surface area contributed by atoms with E-state index in [1.165, 1.54) is 0 Å². The summed E-state index contributed by atoms with van der Waals surface area (Å²) in [5.74, 6) is 0.0549. The molecule has 4 heteroatoms. The Morgan fingerprint density at radius 2 is 2.00 bits per heavy atom. The van der Waals surface area contributed by atoms with Gasteiger partial charge < -0.3 is 10.6 Å². The molecule has 1 aromatic rings. The first-order valence-electron chi connectivity index (χ1n) is 4.88. The molecule has 2 N–H and O–H groups in total. The number of amides is 1. The summed E-state index contributed by atoms with van der Waals surface area (Å²) in [6.07, 6.45) is 0.504. The van der Waals surface area contributed by atoms with Crippen molar-refractivity contribution in [2.24, 2.45) is 0 Å². The second-order valence-corrected chi connectivity index (χ2v) is 3.69. The third-order valence-corrected chi connectivity index (χ3v) is 2.26. The highest BCUT2D eigenvalue weighted by Crippen LogP contribution is 2.08. The summed E-state index contributed by atoms with van der Waals surface area (Å²) in [5.41, 5.74) is 1.05. The van der Waals surface area contributed by atoms with E-state index in [9.17, 15) is 4.79 Å². The second kappa shape index (κ2) is 6.43. The van der Waals surface area contributed by atoms with Crippen molar-refractivity contribution in [3.8, 4) is 0 Å². The van der Waals surface area contributed by atoms with Crippen LogP contribution in [0.25, 0.3) is 0 Å². The van der Waals surface area contributed by atoms with Gasteiger partial charge in [0.15, 0.2) is 0 Å². The Morgan fingerprint density at radius 1 is 1.33 bits per heavy atom. The minimum Gasteiger partial charge on any atom is -0.352 e. The lowest BCUT2D eigenvalue weighted by molar-refractivity contribution is -0.121. The number of rotatable bonds is 5. The maximum absolute atomic E-state index is 11.3. The van der Waals surface area contributed by atoms with Crippen molar-refractivity contribution < 1.29 is 4.79 Å². The Bertz CT molecular complexity index is 311. The normalized spacial score (nSPS) is 10.0. The summed E-state index contributed by atoms with van der Waals surface area (Å²) < 4.78 is 0. The molecule has 0 aliphatic carbocycles. The number of hydrogen-bond acceptors (Lipinski definition) is 2. The number of carbonyl (C=O) groups excluding carboxylic acids is 1. The zero-order valence-corrected chi connectivity index (χ0v) is 9.47. The predicted molar refractivity (Wildman–Crippen MR) is 61.8 cm³/mol. The van der Waals surface area contributed by atoms with Crippen molar-refractivity contribution in [3.05, 3.63) is 34.9 Å². The SMILES string of the molecule is CNCCC(=O)NCc1ccc(Cl)cc1. The summed E-state index contributed by atoms with van der Waals surface area (Å²) in [6.45, 7) is 1.26. The fraction of sp³-hybridized carbons (Fsp3) is 0.364. The van der Waals surface area contributed by atoms with Crippen LogP contribution in [0.15, 0.2) is 24.3 Å². The van der Waals surface area contributed by atoms with Gasteiger partial charge in [-0.05, 0) is 24.7 Å². The van der Waals surface area contributed by atoms with Gasteiger partial charge in [0.25, 0.3) is 0 Å². The third-order valence-electron chi connectivity index (χ3n) is 2.01. The van der Waals surface area contributed by atoms with Crippen molar-refractivity contribution >= 4 is 17.5 Å².